The first-order valence-electron chi connectivity index (χ1n) is 7.81. The van der Waals surface area contributed by atoms with Gasteiger partial charge in [-0.1, -0.05) is 39.7 Å². The number of hydrogen-bond acceptors (Lipinski definition) is 3. The van der Waals surface area contributed by atoms with Crippen LogP contribution >= 0.6 is 27.5 Å². The zero-order valence-electron chi connectivity index (χ0n) is 14.0. The zero-order chi connectivity index (χ0) is 21.1. The van der Waals surface area contributed by atoms with Crippen LogP contribution in [0.15, 0.2) is 46.9 Å². The highest BCUT2D eigenvalue weighted by atomic mass is 79.9. The first-order valence-corrected chi connectivity index (χ1v) is 8.98. The summed E-state index contributed by atoms with van der Waals surface area (Å²) in [6.07, 6.45) is -6.50. The van der Waals surface area contributed by atoms with Crippen LogP contribution in [0.25, 0.3) is 0 Å². The van der Waals surface area contributed by atoms with Crippen LogP contribution in [0.1, 0.15) is 22.8 Å². The van der Waals surface area contributed by atoms with Gasteiger partial charge in [-0.15, -0.1) is 0 Å². The normalized spacial score (nSPS) is 13.6. The molecule has 0 aliphatic rings. The molecule has 0 saturated heterocycles. The highest BCUT2D eigenvalue weighted by Gasteiger charge is 2.31. The number of carbonyl (C=O) groups excluding carboxylic acids is 1. The number of carbonyl (C=O) groups is 2. The molecule has 0 fully saturated rings. The summed E-state index contributed by atoms with van der Waals surface area (Å²) < 4.78 is 38.3. The Kier molecular flexibility index (Phi) is 7.08. The second kappa shape index (κ2) is 8.93. The van der Waals surface area contributed by atoms with Crippen molar-refractivity contribution in [1.29, 1.82) is 0 Å². The fourth-order valence-electron chi connectivity index (χ4n) is 2.38. The highest BCUT2D eigenvalue weighted by molar-refractivity contribution is 9.10. The summed E-state index contributed by atoms with van der Waals surface area (Å²) >= 11 is 9.14. The number of carboxylic acid groups (broad SMARTS) is 1. The number of aliphatic hydroxyl groups is 1. The molecular weight excluding hydrogens is 467 g/mol. The van der Waals surface area contributed by atoms with Crippen molar-refractivity contribution < 1.29 is 33.0 Å². The Hall–Kier alpha value is -2.10. The molecule has 10 heteroatoms. The molecule has 1 amide bonds. The maximum Gasteiger partial charge on any atom is 0.416 e. The van der Waals surface area contributed by atoms with E-state index in [4.69, 9.17) is 11.6 Å². The molecule has 0 bridgehead atoms. The lowest BCUT2D eigenvalue weighted by atomic mass is 10.0. The van der Waals surface area contributed by atoms with E-state index >= 15 is 0 Å². The van der Waals surface area contributed by atoms with Crippen molar-refractivity contribution in [3.05, 3.63) is 68.7 Å². The monoisotopic (exact) mass is 479 g/mol. The van der Waals surface area contributed by atoms with Crippen LogP contribution in [-0.4, -0.2) is 28.1 Å². The van der Waals surface area contributed by atoms with E-state index in [1.54, 1.807) is 12.1 Å². The molecule has 0 spiro atoms. The smallest absolute Gasteiger partial charge is 0.416 e. The minimum atomic E-state index is -4.55. The molecule has 0 heterocycles. The number of amides is 1. The van der Waals surface area contributed by atoms with E-state index in [0.717, 1.165) is 24.3 Å². The number of benzene rings is 2. The van der Waals surface area contributed by atoms with Gasteiger partial charge in [-0.2, -0.15) is 13.2 Å². The fraction of sp³-hybridized carbons (Fsp3) is 0.222. The topological polar surface area (TPSA) is 86.6 Å². The largest absolute Gasteiger partial charge is 0.480 e. The lowest BCUT2D eigenvalue weighted by molar-refractivity contribution is -0.143. The molecule has 2 atom stereocenters. The molecule has 5 nitrogen and oxygen atoms in total. The Morgan fingerprint density at radius 3 is 2.29 bits per heavy atom. The third kappa shape index (κ3) is 5.70. The number of carboxylic acids is 1. The molecule has 150 valence electrons. The van der Waals surface area contributed by atoms with E-state index in [2.05, 4.69) is 21.2 Å². The lowest BCUT2D eigenvalue weighted by Crippen LogP contribution is -2.44. The average Bonchev–Trinajstić information content (AvgIpc) is 2.62. The molecule has 0 aromatic heterocycles. The number of aliphatic hydroxyl groups excluding tert-OH is 1. The summed E-state index contributed by atoms with van der Waals surface area (Å²) in [5.74, 6) is -2.40. The Labute approximate surface area is 171 Å². The van der Waals surface area contributed by atoms with Crippen LogP contribution in [-0.2, 0) is 22.2 Å². The molecular formula is C18H14BrClF3NO4. The average molecular weight is 481 g/mol. The molecule has 28 heavy (non-hydrogen) atoms. The third-order valence-electron chi connectivity index (χ3n) is 3.85. The summed E-state index contributed by atoms with van der Waals surface area (Å²) in [6, 6.07) is 6.72. The second-order valence-electron chi connectivity index (χ2n) is 5.86. The second-order valence-corrected chi connectivity index (χ2v) is 7.15. The van der Waals surface area contributed by atoms with Gasteiger partial charge in [-0.3, -0.25) is 4.79 Å². The predicted molar refractivity (Wildman–Crippen MR) is 98.8 cm³/mol. The van der Waals surface area contributed by atoms with Crippen LogP contribution in [0.5, 0.6) is 0 Å². The summed E-state index contributed by atoms with van der Waals surface area (Å²) in [7, 11) is 0. The van der Waals surface area contributed by atoms with E-state index in [1.807, 2.05) is 0 Å². The van der Waals surface area contributed by atoms with Crippen LogP contribution < -0.4 is 5.32 Å². The SMILES string of the molecule is O=C(O)[C@H](Cc1cc(Cl)ccc1Br)NC(=O)[C@@H](O)c1ccc(C(F)(F)F)cc1. The summed E-state index contributed by atoms with van der Waals surface area (Å²) in [5.41, 5.74) is -0.513. The van der Waals surface area contributed by atoms with Crippen LogP contribution in [0, 0.1) is 0 Å². The maximum atomic E-state index is 12.6. The summed E-state index contributed by atoms with van der Waals surface area (Å²) in [5, 5.41) is 22.0. The van der Waals surface area contributed by atoms with Gasteiger partial charge in [0, 0.05) is 15.9 Å². The van der Waals surface area contributed by atoms with Gasteiger partial charge in [0.2, 0.25) is 0 Å². The third-order valence-corrected chi connectivity index (χ3v) is 4.86. The van der Waals surface area contributed by atoms with E-state index in [1.165, 1.54) is 6.07 Å². The molecule has 2 aromatic carbocycles. The van der Waals surface area contributed by atoms with Crippen molar-refractivity contribution in [2.75, 3.05) is 0 Å². The molecule has 0 radical (unpaired) electrons. The number of hydrogen-bond donors (Lipinski definition) is 3. The highest BCUT2D eigenvalue weighted by Crippen LogP contribution is 2.30. The Morgan fingerprint density at radius 2 is 1.75 bits per heavy atom. The number of alkyl halides is 3. The van der Waals surface area contributed by atoms with Gasteiger partial charge in [-0.25, -0.2) is 4.79 Å². The molecule has 0 aliphatic carbocycles. The molecule has 0 aliphatic heterocycles. The van der Waals surface area contributed by atoms with Crippen molar-refractivity contribution in [2.45, 2.75) is 24.7 Å². The molecule has 2 rings (SSSR count). The van der Waals surface area contributed by atoms with Crippen molar-refractivity contribution in [3.8, 4) is 0 Å². The van der Waals surface area contributed by atoms with Gasteiger partial charge in [0.15, 0.2) is 6.10 Å². The number of nitrogens with one attached hydrogen (secondary N) is 1. The van der Waals surface area contributed by atoms with Crippen LogP contribution in [0.4, 0.5) is 13.2 Å². The molecule has 2 aromatic rings. The van der Waals surface area contributed by atoms with Gasteiger partial charge < -0.3 is 15.5 Å². The van der Waals surface area contributed by atoms with Gasteiger partial charge in [0.05, 0.1) is 5.56 Å². The fourth-order valence-corrected chi connectivity index (χ4v) is 2.98. The Bertz CT molecular complexity index is 874. The number of aliphatic carboxylic acids is 1. The Balaban J connectivity index is 2.13. The number of rotatable bonds is 6. The van der Waals surface area contributed by atoms with Crippen molar-refractivity contribution >= 4 is 39.4 Å². The summed E-state index contributed by atoms with van der Waals surface area (Å²) in [6.45, 7) is 0. The maximum absolute atomic E-state index is 12.6. The van der Waals surface area contributed by atoms with Gasteiger partial charge in [-0.05, 0) is 41.5 Å². The first-order chi connectivity index (χ1) is 13.0. The van der Waals surface area contributed by atoms with Crippen molar-refractivity contribution in [2.24, 2.45) is 0 Å². The van der Waals surface area contributed by atoms with E-state index in [-0.39, 0.29) is 12.0 Å². The predicted octanol–water partition coefficient (Wildman–Crippen LogP) is 3.97. The lowest BCUT2D eigenvalue weighted by Gasteiger charge is -2.18. The van der Waals surface area contributed by atoms with Gasteiger partial charge >= 0.3 is 12.1 Å². The summed E-state index contributed by atoms with van der Waals surface area (Å²) in [4.78, 5) is 23.7. The molecule has 0 saturated carbocycles. The van der Waals surface area contributed by atoms with Crippen molar-refractivity contribution in [3.63, 3.8) is 0 Å². The molecule has 3 N–H and O–H groups in total. The minimum absolute atomic E-state index is 0.0985. The first kappa shape index (κ1) is 22.2. The van der Waals surface area contributed by atoms with Gasteiger partial charge in [0.1, 0.15) is 6.04 Å². The van der Waals surface area contributed by atoms with E-state index in [9.17, 15) is 33.0 Å². The van der Waals surface area contributed by atoms with E-state index < -0.39 is 35.8 Å². The van der Waals surface area contributed by atoms with Crippen molar-refractivity contribution in [1.82, 2.24) is 5.32 Å². The standard InChI is InChI=1S/C18H14BrClF3NO4/c19-13-6-5-12(20)7-10(13)8-14(17(27)28)24-16(26)15(25)9-1-3-11(4-2-9)18(21,22)23/h1-7,14-15,25H,8H2,(H,24,26)(H,27,28)/t14-,15-/m0/s1. The quantitative estimate of drug-likeness (QED) is 0.584. The van der Waals surface area contributed by atoms with Crippen LogP contribution in [0.2, 0.25) is 5.02 Å². The van der Waals surface area contributed by atoms with Gasteiger partial charge in [0.25, 0.3) is 5.91 Å². The minimum Gasteiger partial charge on any atom is -0.480 e. The Morgan fingerprint density at radius 1 is 1.14 bits per heavy atom. The van der Waals surface area contributed by atoms with E-state index in [0.29, 0.717) is 15.1 Å². The molecule has 0 unspecified atom stereocenters. The number of halogens is 5. The zero-order valence-corrected chi connectivity index (χ0v) is 16.3. The van der Waals surface area contributed by atoms with Crippen LogP contribution in [0.3, 0.4) is 0 Å².